The van der Waals surface area contributed by atoms with Gasteiger partial charge in [-0.2, -0.15) is 0 Å². The van der Waals surface area contributed by atoms with Crippen molar-refractivity contribution in [1.82, 2.24) is 10.2 Å². The average molecular weight is 364 g/mol. The molecule has 0 radical (unpaired) electrons. The molecule has 2 aliphatic rings. The quantitative estimate of drug-likeness (QED) is 0.886. The van der Waals surface area contributed by atoms with E-state index in [0.717, 1.165) is 38.3 Å². The van der Waals surface area contributed by atoms with Crippen LogP contribution in [0.3, 0.4) is 0 Å². The molecule has 2 atom stereocenters. The van der Waals surface area contributed by atoms with Crippen LogP contribution in [0.2, 0.25) is 0 Å². The molecule has 1 aliphatic heterocycles. The van der Waals surface area contributed by atoms with Crippen molar-refractivity contribution in [2.75, 3.05) is 31.1 Å². The van der Waals surface area contributed by atoms with Gasteiger partial charge in [-0.25, -0.2) is 0 Å². The summed E-state index contributed by atoms with van der Waals surface area (Å²) in [6, 6.07) is 20.8. The van der Waals surface area contributed by atoms with Gasteiger partial charge < -0.3 is 10.2 Å². The Hall–Kier alpha value is -2.17. The van der Waals surface area contributed by atoms with Crippen molar-refractivity contribution in [3.63, 3.8) is 0 Å². The van der Waals surface area contributed by atoms with E-state index in [1.165, 1.54) is 5.56 Å². The molecule has 0 aromatic heterocycles. The highest BCUT2D eigenvalue weighted by Crippen LogP contribution is 2.57. The summed E-state index contributed by atoms with van der Waals surface area (Å²) < 4.78 is 0. The smallest absolute Gasteiger partial charge is 0.248 e. The Labute approximate surface area is 162 Å². The molecule has 1 saturated carbocycles. The van der Waals surface area contributed by atoms with Gasteiger partial charge in [-0.3, -0.25) is 9.69 Å². The number of nitrogens with one attached hydrogen (secondary N) is 1. The highest BCUT2D eigenvalue weighted by Gasteiger charge is 2.65. The maximum Gasteiger partial charge on any atom is 0.248 e. The third-order valence-corrected chi connectivity index (χ3v) is 5.95. The summed E-state index contributed by atoms with van der Waals surface area (Å²) in [5.74, 6) is 0.522. The van der Waals surface area contributed by atoms with E-state index in [0.29, 0.717) is 0 Å². The molecule has 4 rings (SSSR count). The number of piperazine rings is 1. The van der Waals surface area contributed by atoms with Crippen molar-refractivity contribution in [3.8, 4) is 0 Å². The zero-order chi connectivity index (χ0) is 18.9. The SMILES string of the molecule is CC(C)N(C(=O)C1(N2CCNCC2)CC1c1ccccc1)c1ccccc1. The Morgan fingerprint density at radius 3 is 2.22 bits per heavy atom. The summed E-state index contributed by atoms with van der Waals surface area (Å²) in [5, 5.41) is 3.43. The lowest BCUT2D eigenvalue weighted by Gasteiger charge is -2.39. The molecule has 1 amide bonds. The van der Waals surface area contributed by atoms with Gasteiger partial charge in [0.1, 0.15) is 5.54 Å². The van der Waals surface area contributed by atoms with Crippen molar-refractivity contribution < 1.29 is 4.79 Å². The Kier molecular flexibility index (Phi) is 5.02. The zero-order valence-electron chi connectivity index (χ0n) is 16.3. The number of para-hydroxylation sites is 1. The average Bonchev–Trinajstić information content (AvgIpc) is 3.47. The van der Waals surface area contributed by atoms with E-state index in [-0.39, 0.29) is 17.9 Å². The fourth-order valence-electron chi connectivity index (χ4n) is 4.56. The summed E-state index contributed by atoms with van der Waals surface area (Å²) in [6.07, 6.45) is 0.909. The Bertz CT molecular complexity index is 771. The molecular formula is C23H29N3O. The van der Waals surface area contributed by atoms with E-state index < -0.39 is 5.54 Å². The molecule has 1 aliphatic carbocycles. The fraction of sp³-hybridized carbons (Fsp3) is 0.435. The number of benzene rings is 2. The third kappa shape index (κ3) is 3.28. The van der Waals surface area contributed by atoms with Gasteiger partial charge >= 0.3 is 0 Å². The molecule has 1 heterocycles. The van der Waals surface area contributed by atoms with Gasteiger partial charge in [0.25, 0.3) is 0 Å². The number of hydrogen-bond acceptors (Lipinski definition) is 3. The molecule has 0 spiro atoms. The van der Waals surface area contributed by atoms with Gasteiger partial charge in [-0.1, -0.05) is 48.5 Å². The molecule has 2 unspecified atom stereocenters. The monoisotopic (exact) mass is 363 g/mol. The van der Waals surface area contributed by atoms with Crippen molar-refractivity contribution in [2.45, 2.75) is 37.8 Å². The topological polar surface area (TPSA) is 35.6 Å². The third-order valence-electron chi connectivity index (χ3n) is 5.95. The predicted octanol–water partition coefficient (Wildman–Crippen LogP) is 3.26. The Morgan fingerprint density at radius 1 is 1.04 bits per heavy atom. The van der Waals surface area contributed by atoms with Gasteiger partial charge in [0.2, 0.25) is 5.91 Å². The molecule has 0 bridgehead atoms. The van der Waals surface area contributed by atoms with Crippen LogP contribution < -0.4 is 10.2 Å². The van der Waals surface area contributed by atoms with Gasteiger partial charge in [-0.05, 0) is 38.0 Å². The van der Waals surface area contributed by atoms with E-state index >= 15 is 0 Å². The normalized spacial score (nSPS) is 25.4. The number of rotatable bonds is 5. The van der Waals surface area contributed by atoms with Crippen molar-refractivity contribution in [3.05, 3.63) is 66.2 Å². The molecule has 2 aromatic carbocycles. The first kappa shape index (κ1) is 18.2. The van der Waals surface area contributed by atoms with Crippen LogP contribution in [-0.4, -0.2) is 48.6 Å². The molecule has 4 heteroatoms. The first-order valence-electron chi connectivity index (χ1n) is 10.0. The molecule has 27 heavy (non-hydrogen) atoms. The minimum atomic E-state index is -0.413. The summed E-state index contributed by atoms with van der Waals surface area (Å²) in [7, 11) is 0. The van der Waals surface area contributed by atoms with Gasteiger partial charge in [0.05, 0.1) is 0 Å². The van der Waals surface area contributed by atoms with E-state index in [9.17, 15) is 4.79 Å². The van der Waals surface area contributed by atoms with Gasteiger partial charge in [0, 0.05) is 43.8 Å². The molecule has 2 aromatic rings. The summed E-state index contributed by atoms with van der Waals surface area (Å²) in [5.41, 5.74) is 1.86. The minimum Gasteiger partial charge on any atom is -0.314 e. The van der Waals surface area contributed by atoms with Crippen LogP contribution in [0.15, 0.2) is 60.7 Å². The van der Waals surface area contributed by atoms with Crippen molar-refractivity contribution >= 4 is 11.6 Å². The molecular weight excluding hydrogens is 334 g/mol. The van der Waals surface area contributed by atoms with Gasteiger partial charge in [0.15, 0.2) is 0 Å². The number of carbonyl (C=O) groups excluding carboxylic acids is 1. The highest BCUT2D eigenvalue weighted by atomic mass is 16.2. The zero-order valence-corrected chi connectivity index (χ0v) is 16.3. The van der Waals surface area contributed by atoms with Gasteiger partial charge in [-0.15, -0.1) is 0 Å². The first-order valence-corrected chi connectivity index (χ1v) is 10.0. The lowest BCUT2D eigenvalue weighted by molar-refractivity contribution is -0.126. The largest absolute Gasteiger partial charge is 0.314 e. The first-order chi connectivity index (χ1) is 13.1. The Morgan fingerprint density at radius 2 is 1.63 bits per heavy atom. The second-order valence-corrected chi connectivity index (χ2v) is 7.93. The predicted molar refractivity (Wildman–Crippen MR) is 110 cm³/mol. The lowest BCUT2D eigenvalue weighted by atomic mass is 10.0. The highest BCUT2D eigenvalue weighted by molar-refractivity contribution is 6.04. The van der Waals surface area contributed by atoms with E-state index in [2.05, 4.69) is 48.3 Å². The molecule has 1 saturated heterocycles. The standard InChI is InChI=1S/C23H29N3O/c1-18(2)26(20-11-7-4-8-12-20)22(27)23(25-15-13-24-14-16-25)17-21(23)19-9-5-3-6-10-19/h3-12,18,21,24H,13-17H2,1-2H3. The second-order valence-electron chi connectivity index (χ2n) is 7.93. The summed E-state index contributed by atoms with van der Waals surface area (Å²) >= 11 is 0. The summed E-state index contributed by atoms with van der Waals surface area (Å²) in [4.78, 5) is 18.5. The molecule has 1 N–H and O–H groups in total. The van der Waals surface area contributed by atoms with Crippen LogP contribution in [-0.2, 0) is 4.79 Å². The van der Waals surface area contributed by atoms with Crippen LogP contribution in [0.1, 0.15) is 31.7 Å². The van der Waals surface area contributed by atoms with Crippen LogP contribution in [0.25, 0.3) is 0 Å². The van der Waals surface area contributed by atoms with Crippen LogP contribution in [0, 0.1) is 0 Å². The van der Waals surface area contributed by atoms with Crippen LogP contribution >= 0.6 is 0 Å². The van der Waals surface area contributed by atoms with Crippen LogP contribution in [0.5, 0.6) is 0 Å². The van der Waals surface area contributed by atoms with E-state index in [4.69, 9.17) is 0 Å². The van der Waals surface area contributed by atoms with Crippen molar-refractivity contribution in [1.29, 1.82) is 0 Å². The van der Waals surface area contributed by atoms with Crippen molar-refractivity contribution in [2.24, 2.45) is 0 Å². The number of carbonyl (C=O) groups is 1. The number of nitrogens with zero attached hydrogens (tertiary/aromatic N) is 2. The maximum absolute atomic E-state index is 14.0. The summed E-state index contributed by atoms with van der Waals surface area (Å²) in [6.45, 7) is 7.96. The number of amides is 1. The van der Waals surface area contributed by atoms with Crippen LogP contribution in [0.4, 0.5) is 5.69 Å². The molecule has 142 valence electrons. The minimum absolute atomic E-state index is 0.122. The fourth-order valence-corrected chi connectivity index (χ4v) is 4.56. The molecule has 4 nitrogen and oxygen atoms in total. The second kappa shape index (κ2) is 7.45. The maximum atomic E-state index is 14.0. The van der Waals surface area contributed by atoms with E-state index in [1.807, 2.05) is 41.3 Å². The number of hydrogen-bond donors (Lipinski definition) is 1. The lowest BCUT2D eigenvalue weighted by Crippen LogP contribution is -2.58. The molecule has 2 fully saturated rings. The Balaban J connectivity index is 1.71. The number of anilines is 1. The van der Waals surface area contributed by atoms with E-state index in [1.54, 1.807) is 0 Å².